The van der Waals surface area contributed by atoms with E-state index < -0.39 is 0 Å². The highest BCUT2D eigenvalue weighted by atomic mass is 19.1. The van der Waals surface area contributed by atoms with Crippen molar-refractivity contribution < 1.29 is 4.39 Å². The minimum absolute atomic E-state index is 0.140. The van der Waals surface area contributed by atoms with Gasteiger partial charge in [0.15, 0.2) is 0 Å². The lowest BCUT2D eigenvalue weighted by Crippen LogP contribution is -2.40. The summed E-state index contributed by atoms with van der Waals surface area (Å²) in [7, 11) is 0. The van der Waals surface area contributed by atoms with Gasteiger partial charge in [0.2, 0.25) is 0 Å². The van der Waals surface area contributed by atoms with Gasteiger partial charge in [0.25, 0.3) is 0 Å². The molecule has 1 atom stereocenters. The van der Waals surface area contributed by atoms with Crippen LogP contribution in [0.5, 0.6) is 0 Å². The summed E-state index contributed by atoms with van der Waals surface area (Å²) in [6.45, 7) is 7.71. The van der Waals surface area contributed by atoms with Crippen LogP contribution in [-0.4, -0.2) is 12.1 Å². The molecule has 0 bridgehead atoms. The topological polar surface area (TPSA) is 12.0 Å². The Morgan fingerprint density at radius 1 is 1.14 bits per heavy atom. The molecule has 118 valence electrons. The zero-order chi connectivity index (χ0) is 15.3. The summed E-state index contributed by atoms with van der Waals surface area (Å²) in [4.78, 5) is 0. The van der Waals surface area contributed by atoms with Crippen LogP contribution >= 0.6 is 0 Å². The Morgan fingerprint density at radius 3 is 2.33 bits per heavy atom. The molecule has 0 heterocycles. The van der Waals surface area contributed by atoms with Gasteiger partial charge in [-0.1, -0.05) is 37.8 Å². The SMILES string of the molecule is CC(C)(C)NCC(Cc1ccc(F)cc1)CC1CCCC1. The number of halogens is 1. The molecule has 0 spiro atoms. The molecular formula is C19H30FN. The number of nitrogens with one attached hydrogen (secondary N) is 1. The number of hydrogen-bond acceptors (Lipinski definition) is 1. The van der Waals surface area contributed by atoms with Crippen molar-refractivity contribution in [1.29, 1.82) is 0 Å². The lowest BCUT2D eigenvalue weighted by molar-refractivity contribution is 0.317. The minimum Gasteiger partial charge on any atom is -0.312 e. The van der Waals surface area contributed by atoms with E-state index in [1.807, 2.05) is 12.1 Å². The average Bonchev–Trinajstić information content (AvgIpc) is 2.91. The third-order valence-corrected chi connectivity index (χ3v) is 4.50. The maximum atomic E-state index is 13.0. The van der Waals surface area contributed by atoms with Crippen LogP contribution in [0.1, 0.15) is 58.4 Å². The normalized spacial score (nSPS) is 18.1. The second-order valence-corrected chi connectivity index (χ2v) is 7.71. The highest BCUT2D eigenvalue weighted by Crippen LogP contribution is 2.31. The van der Waals surface area contributed by atoms with Gasteiger partial charge in [-0.05, 0) is 69.7 Å². The van der Waals surface area contributed by atoms with Gasteiger partial charge >= 0.3 is 0 Å². The molecule has 1 saturated carbocycles. The Morgan fingerprint density at radius 2 is 1.76 bits per heavy atom. The summed E-state index contributed by atoms with van der Waals surface area (Å²) in [6, 6.07) is 7.04. The molecule has 21 heavy (non-hydrogen) atoms. The Kier molecular flexibility index (Phi) is 5.80. The highest BCUT2D eigenvalue weighted by Gasteiger charge is 2.22. The van der Waals surface area contributed by atoms with E-state index >= 15 is 0 Å². The number of benzene rings is 1. The van der Waals surface area contributed by atoms with Crippen LogP contribution in [-0.2, 0) is 6.42 Å². The van der Waals surface area contributed by atoms with E-state index in [-0.39, 0.29) is 11.4 Å². The Hall–Kier alpha value is -0.890. The van der Waals surface area contributed by atoms with E-state index in [4.69, 9.17) is 0 Å². The van der Waals surface area contributed by atoms with Crippen LogP contribution in [0.25, 0.3) is 0 Å². The molecule has 0 radical (unpaired) electrons. The van der Waals surface area contributed by atoms with Crippen molar-refractivity contribution in [3.63, 3.8) is 0 Å². The molecule has 0 aromatic heterocycles. The molecule has 1 aliphatic rings. The van der Waals surface area contributed by atoms with Gasteiger partial charge < -0.3 is 5.32 Å². The van der Waals surface area contributed by atoms with E-state index in [2.05, 4.69) is 26.1 Å². The molecule has 1 nitrogen and oxygen atoms in total. The van der Waals surface area contributed by atoms with Gasteiger partial charge in [-0.15, -0.1) is 0 Å². The first kappa shape index (κ1) is 16.5. The molecule has 2 rings (SSSR count). The lowest BCUT2D eigenvalue weighted by Gasteiger charge is -2.27. The van der Waals surface area contributed by atoms with E-state index in [9.17, 15) is 4.39 Å². The fourth-order valence-corrected chi connectivity index (χ4v) is 3.36. The summed E-state index contributed by atoms with van der Waals surface area (Å²) >= 11 is 0. The van der Waals surface area contributed by atoms with Gasteiger partial charge in [-0.25, -0.2) is 4.39 Å². The zero-order valence-electron chi connectivity index (χ0n) is 13.8. The van der Waals surface area contributed by atoms with Crippen molar-refractivity contribution in [3.05, 3.63) is 35.6 Å². The molecule has 1 unspecified atom stereocenters. The van der Waals surface area contributed by atoms with Gasteiger partial charge in [-0.2, -0.15) is 0 Å². The second kappa shape index (κ2) is 7.40. The van der Waals surface area contributed by atoms with Gasteiger partial charge in [0.05, 0.1) is 0 Å². The van der Waals surface area contributed by atoms with Crippen molar-refractivity contribution in [1.82, 2.24) is 5.32 Å². The van der Waals surface area contributed by atoms with E-state index in [0.29, 0.717) is 5.92 Å². The van der Waals surface area contributed by atoms with Crippen LogP contribution in [0.3, 0.4) is 0 Å². The fraction of sp³-hybridized carbons (Fsp3) is 0.684. The molecule has 1 aromatic rings. The molecule has 1 aromatic carbocycles. The van der Waals surface area contributed by atoms with Gasteiger partial charge in [0, 0.05) is 5.54 Å². The van der Waals surface area contributed by atoms with E-state index in [1.54, 1.807) is 12.1 Å². The predicted octanol–water partition coefficient (Wildman–Crippen LogP) is 4.95. The number of rotatable bonds is 6. The third-order valence-electron chi connectivity index (χ3n) is 4.50. The van der Waals surface area contributed by atoms with E-state index in [0.717, 1.165) is 18.9 Å². The van der Waals surface area contributed by atoms with Crippen molar-refractivity contribution in [2.24, 2.45) is 11.8 Å². The second-order valence-electron chi connectivity index (χ2n) is 7.71. The van der Waals surface area contributed by atoms with Crippen molar-refractivity contribution in [2.45, 2.75) is 64.8 Å². The monoisotopic (exact) mass is 291 g/mol. The largest absolute Gasteiger partial charge is 0.312 e. The van der Waals surface area contributed by atoms with Crippen LogP contribution in [0.2, 0.25) is 0 Å². The first-order valence-corrected chi connectivity index (χ1v) is 8.42. The summed E-state index contributed by atoms with van der Waals surface area (Å²) in [5.41, 5.74) is 1.42. The van der Waals surface area contributed by atoms with Gasteiger partial charge in [-0.3, -0.25) is 0 Å². The quantitative estimate of drug-likeness (QED) is 0.781. The first-order valence-electron chi connectivity index (χ1n) is 8.42. The van der Waals surface area contributed by atoms with Crippen LogP contribution in [0, 0.1) is 17.7 Å². The van der Waals surface area contributed by atoms with Crippen molar-refractivity contribution in [2.75, 3.05) is 6.54 Å². The molecule has 0 amide bonds. The smallest absolute Gasteiger partial charge is 0.123 e. The third kappa shape index (κ3) is 6.17. The molecular weight excluding hydrogens is 261 g/mol. The lowest BCUT2D eigenvalue weighted by atomic mass is 9.88. The Bertz CT molecular complexity index is 412. The molecule has 2 heteroatoms. The maximum absolute atomic E-state index is 13.0. The van der Waals surface area contributed by atoms with Gasteiger partial charge in [0.1, 0.15) is 5.82 Å². The zero-order valence-corrected chi connectivity index (χ0v) is 13.8. The Labute approximate surface area is 129 Å². The highest BCUT2D eigenvalue weighted by molar-refractivity contribution is 5.16. The van der Waals surface area contributed by atoms with Crippen LogP contribution in [0.15, 0.2) is 24.3 Å². The standard InChI is InChI=1S/C19H30FN/c1-19(2,3)21-14-17(12-15-6-4-5-7-15)13-16-8-10-18(20)11-9-16/h8-11,15,17,21H,4-7,12-14H2,1-3H3. The fourth-order valence-electron chi connectivity index (χ4n) is 3.36. The van der Waals surface area contributed by atoms with Crippen LogP contribution in [0.4, 0.5) is 4.39 Å². The van der Waals surface area contributed by atoms with Crippen molar-refractivity contribution in [3.8, 4) is 0 Å². The maximum Gasteiger partial charge on any atom is 0.123 e. The minimum atomic E-state index is -0.140. The molecule has 1 aliphatic carbocycles. The summed E-state index contributed by atoms with van der Waals surface area (Å²) in [6.07, 6.45) is 7.96. The van der Waals surface area contributed by atoms with Crippen LogP contribution < -0.4 is 5.32 Å². The number of hydrogen-bond donors (Lipinski definition) is 1. The van der Waals surface area contributed by atoms with E-state index in [1.165, 1.54) is 37.7 Å². The average molecular weight is 291 g/mol. The summed E-state index contributed by atoms with van der Waals surface area (Å²) < 4.78 is 13.0. The summed E-state index contributed by atoms with van der Waals surface area (Å²) in [5.74, 6) is 1.41. The predicted molar refractivity (Wildman–Crippen MR) is 87.9 cm³/mol. The molecule has 0 aliphatic heterocycles. The molecule has 1 N–H and O–H groups in total. The first-order chi connectivity index (χ1) is 9.92. The summed E-state index contributed by atoms with van der Waals surface area (Å²) in [5, 5.41) is 3.65. The molecule has 0 saturated heterocycles. The van der Waals surface area contributed by atoms with Crippen molar-refractivity contribution >= 4 is 0 Å². The Balaban J connectivity index is 1.94. The molecule has 1 fully saturated rings.